The van der Waals surface area contributed by atoms with E-state index >= 15 is 0 Å². The molecule has 0 saturated carbocycles. The number of aliphatic carboxylic acids is 1. The van der Waals surface area contributed by atoms with Crippen LogP contribution in [0.3, 0.4) is 0 Å². The fraction of sp³-hybridized carbons (Fsp3) is 0.385. The lowest BCUT2D eigenvalue weighted by molar-refractivity contribution is -0.133. The summed E-state index contributed by atoms with van der Waals surface area (Å²) in [6.07, 6.45) is 3.44. The maximum Gasteiger partial charge on any atom is 0.313 e. The lowest BCUT2D eigenvalue weighted by atomic mass is 10.3. The summed E-state index contributed by atoms with van der Waals surface area (Å²) < 4.78 is 7.04. The quantitative estimate of drug-likeness (QED) is 0.644. The summed E-state index contributed by atoms with van der Waals surface area (Å²) in [6, 6.07) is 0. The highest BCUT2D eigenvalue weighted by Gasteiger charge is 2.17. The predicted molar refractivity (Wildman–Crippen MR) is 79.7 cm³/mol. The van der Waals surface area contributed by atoms with E-state index in [0.717, 1.165) is 17.3 Å². The number of hydrogen-bond donors (Lipinski definition) is 1. The molecule has 0 saturated heterocycles. The number of aromatic nitrogens is 4. The third kappa shape index (κ3) is 3.52. The van der Waals surface area contributed by atoms with Crippen LogP contribution < -0.4 is 4.74 Å². The van der Waals surface area contributed by atoms with Gasteiger partial charge in [-0.3, -0.25) is 9.36 Å². The van der Waals surface area contributed by atoms with Crippen LogP contribution >= 0.6 is 11.8 Å². The molecule has 0 atom stereocenters. The van der Waals surface area contributed by atoms with Gasteiger partial charge in [-0.2, -0.15) is 4.98 Å². The van der Waals surface area contributed by atoms with Crippen LogP contribution in [-0.4, -0.2) is 43.5 Å². The Hall–Kier alpha value is -2.09. The zero-order valence-electron chi connectivity index (χ0n) is 12.0. The van der Waals surface area contributed by atoms with E-state index in [-0.39, 0.29) is 5.75 Å². The average Bonchev–Trinajstić information content (AvgIpc) is 2.80. The molecule has 0 aliphatic carbocycles. The first kappa shape index (κ1) is 15.3. The van der Waals surface area contributed by atoms with Gasteiger partial charge in [0, 0.05) is 6.54 Å². The molecule has 2 aromatic rings. The Morgan fingerprint density at radius 2 is 2.24 bits per heavy atom. The van der Waals surface area contributed by atoms with Crippen LogP contribution in [0.25, 0.3) is 11.2 Å². The number of ether oxygens (including phenoxy) is 1. The Kier molecular flexibility index (Phi) is 4.79. The number of nitrogens with zero attached hydrogens (tertiary/aromatic N) is 4. The molecule has 1 N–H and O–H groups in total. The van der Waals surface area contributed by atoms with Crippen molar-refractivity contribution in [2.45, 2.75) is 25.5 Å². The molecule has 0 aliphatic rings. The third-order valence-corrected chi connectivity index (χ3v) is 3.62. The fourth-order valence-corrected chi connectivity index (χ4v) is 2.45. The molecule has 2 rings (SSSR count). The molecule has 0 spiro atoms. The van der Waals surface area contributed by atoms with E-state index in [4.69, 9.17) is 9.84 Å². The van der Waals surface area contributed by atoms with Gasteiger partial charge in [-0.25, -0.2) is 9.97 Å². The highest BCUT2D eigenvalue weighted by atomic mass is 32.2. The van der Waals surface area contributed by atoms with Crippen molar-refractivity contribution >= 4 is 28.9 Å². The first-order valence-electron chi connectivity index (χ1n) is 6.26. The summed E-state index contributed by atoms with van der Waals surface area (Å²) in [5, 5.41) is 9.42. The summed E-state index contributed by atoms with van der Waals surface area (Å²) in [6.45, 7) is 4.57. The summed E-state index contributed by atoms with van der Waals surface area (Å²) in [5.74, 6) is -0.569. The monoisotopic (exact) mass is 308 g/mol. The van der Waals surface area contributed by atoms with Crippen molar-refractivity contribution in [3.05, 3.63) is 18.0 Å². The van der Waals surface area contributed by atoms with Crippen molar-refractivity contribution in [2.75, 3.05) is 12.9 Å². The van der Waals surface area contributed by atoms with Crippen LogP contribution in [0.5, 0.6) is 5.88 Å². The van der Waals surface area contributed by atoms with Gasteiger partial charge < -0.3 is 9.84 Å². The smallest absolute Gasteiger partial charge is 0.313 e. The zero-order valence-corrected chi connectivity index (χ0v) is 12.8. The van der Waals surface area contributed by atoms with E-state index in [1.807, 2.05) is 24.5 Å². The zero-order chi connectivity index (χ0) is 15.4. The summed E-state index contributed by atoms with van der Waals surface area (Å²) >= 11 is 1.15. The molecular formula is C13H16N4O3S. The first-order valence-corrected chi connectivity index (χ1v) is 7.24. The van der Waals surface area contributed by atoms with Crippen LogP contribution in [0.4, 0.5) is 0 Å². The van der Waals surface area contributed by atoms with Crippen molar-refractivity contribution < 1.29 is 14.6 Å². The second-order valence-corrected chi connectivity index (χ2v) is 5.47. The average molecular weight is 308 g/mol. The number of imidazole rings is 1. The maximum absolute atomic E-state index is 10.8. The fourth-order valence-electron chi connectivity index (χ4n) is 1.72. The number of carboxylic acids is 1. The van der Waals surface area contributed by atoms with Crippen LogP contribution in [0.1, 0.15) is 13.8 Å². The number of methoxy groups -OCH3 is 1. The highest BCUT2D eigenvalue weighted by molar-refractivity contribution is 7.99. The molecule has 112 valence electrons. The van der Waals surface area contributed by atoms with Gasteiger partial charge in [0.05, 0.1) is 12.9 Å². The number of allylic oxidation sites excluding steroid dienone is 2. The number of thioether (sulfide) groups is 1. The second kappa shape index (κ2) is 6.57. The predicted octanol–water partition coefficient (Wildman–Crippen LogP) is 1.98. The van der Waals surface area contributed by atoms with Gasteiger partial charge in [0.25, 0.3) is 0 Å². The number of rotatable bonds is 6. The molecule has 8 heteroatoms. The van der Waals surface area contributed by atoms with Crippen molar-refractivity contribution in [2.24, 2.45) is 0 Å². The Morgan fingerprint density at radius 3 is 2.86 bits per heavy atom. The summed E-state index contributed by atoms with van der Waals surface area (Å²) in [7, 11) is 1.51. The summed E-state index contributed by atoms with van der Waals surface area (Å²) in [5.41, 5.74) is 2.33. The van der Waals surface area contributed by atoms with Gasteiger partial charge in [-0.15, -0.1) is 0 Å². The van der Waals surface area contributed by atoms with Gasteiger partial charge >= 0.3 is 5.97 Å². The van der Waals surface area contributed by atoms with Crippen molar-refractivity contribution in [1.82, 2.24) is 19.5 Å². The van der Waals surface area contributed by atoms with E-state index in [1.54, 1.807) is 0 Å². The van der Waals surface area contributed by atoms with Crippen molar-refractivity contribution in [3.8, 4) is 5.88 Å². The van der Waals surface area contributed by atoms with E-state index in [2.05, 4.69) is 15.0 Å². The van der Waals surface area contributed by atoms with Crippen LogP contribution in [0.15, 0.2) is 23.1 Å². The number of hydrogen-bond acceptors (Lipinski definition) is 6. The van der Waals surface area contributed by atoms with E-state index in [0.29, 0.717) is 28.7 Å². The molecule has 0 fully saturated rings. The minimum absolute atomic E-state index is 0.0616. The molecule has 0 unspecified atom stereocenters. The van der Waals surface area contributed by atoms with Gasteiger partial charge in [-0.05, 0) is 13.8 Å². The van der Waals surface area contributed by atoms with E-state index in [1.165, 1.54) is 13.4 Å². The van der Waals surface area contributed by atoms with Gasteiger partial charge in [0.1, 0.15) is 6.33 Å². The van der Waals surface area contributed by atoms with Crippen molar-refractivity contribution in [3.63, 3.8) is 0 Å². The Labute approximate surface area is 126 Å². The lowest BCUT2D eigenvalue weighted by Crippen LogP contribution is -2.03. The SMILES string of the molecule is COc1ncnc2c1nc(SCC(=O)O)n2CC=C(C)C. The Bertz CT molecular complexity index is 692. The lowest BCUT2D eigenvalue weighted by Gasteiger charge is -2.05. The van der Waals surface area contributed by atoms with Crippen LogP contribution in [0.2, 0.25) is 0 Å². The Morgan fingerprint density at radius 1 is 1.48 bits per heavy atom. The molecule has 2 heterocycles. The molecule has 0 radical (unpaired) electrons. The van der Waals surface area contributed by atoms with Crippen molar-refractivity contribution in [1.29, 1.82) is 0 Å². The molecule has 0 amide bonds. The minimum Gasteiger partial charge on any atom is -0.481 e. The largest absolute Gasteiger partial charge is 0.481 e. The number of carbonyl (C=O) groups is 1. The summed E-state index contributed by atoms with van der Waals surface area (Å²) in [4.78, 5) is 23.4. The minimum atomic E-state index is -0.890. The molecule has 0 bridgehead atoms. The topological polar surface area (TPSA) is 90.1 Å². The molecule has 2 aromatic heterocycles. The number of carboxylic acid groups (broad SMARTS) is 1. The maximum atomic E-state index is 10.8. The second-order valence-electron chi connectivity index (χ2n) is 4.52. The first-order chi connectivity index (χ1) is 10.0. The molecule has 7 nitrogen and oxygen atoms in total. The molecular weight excluding hydrogens is 292 g/mol. The van der Waals surface area contributed by atoms with Gasteiger partial charge in [-0.1, -0.05) is 23.4 Å². The van der Waals surface area contributed by atoms with Gasteiger partial charge in [0.15, 0.2) is 16.3 Å². The third-order valence-electron chi connectivity index (χ3n) is 2.66. The van der Waals surface area contributed by atoms with E-state index in [9.17, 15) is 4.79 Å². The normalized spacial score (nSPS) is 10.6. The molecule has 21 heavy (non-hydrogen) atoms. The van der Waals surface area contributed by atoms with Crippen LogP contribution in [0, 0.1) is 0 Å². The Balaban J connectivity index is 2.50. The highest BCUT2D eigenvalue weighted by Crippen LogP contribution is 2.27. The van der Waals surface area contributed by atoms with E-state index < -0.39 is 5.97 Å². The number of fused-ring (bicyclic) bond motifs is 1. The van der Waals surface area contributed by atoms with Crippen LogP contribution in [-0.2, 0) is 11.3 Å². The standard InChI is InChI=1S/C13H16N4O3S/c1-8(2)4-5-17-11-10(12(20-3)15-7-14-11)16-13(17)21-6-9(18)19/h4,7H,5-6H2,1-3H3,(H,18,19). The van der Waals surface area contributed by atoms with Gasteiger partial charge in [0.2, 0.25) is 5.88 Å². The molecule has 0 aromatic carbocycles. The molecule has 0 aliphatic heterocycles.